The van der Waals surface area contributed by atoms with Crippen LogP contribution >= 0.6 is 0 Å². The molecule has 0 bridgehead atoms. The molecule has 0 saturated heterocycles. The second kappa shape index (κ2) is 8.67. The lowest BCUT2D eigenvalue weighted by Gasteiger charge is -2.08. The summed E-state index contributed by atoms with van der Waals surface area (Å²) >= 11 is 0. The predicted octanol–water partition coefficient (Wildman–Crippen LogP) is 4.36. The molecule has 1 atom stereocenters. The lowest BCUT2D eigenvalue weighted by molar-refractivity contribution is -0.138. The van der Waals surface area contributed by atoms with Gasteiger partial charge in [0.2, 0.25) is 0 Å². The lowest BCUT2D eigenvalue weighted by Crippen LogP contribution is -2.32. The number of aromatic nitrogens is 1. The number of aromatic amines is 1. The van der Waals surface area contributed by atoms with Crippen molar-refractivity contribution in [1.82, 2.24) is 4.98 Å². The maximum atomic E-state index is 11.1. The van der Waals surface area contributed by atoms with Crippen molar-refractivity contribution in [3.05, 3.63) is 58.8 Å². The third-order valence-electron chi connectivity index (χ3n) is 4.39. The molecular weight excluding hydrogens is 312 g/mol. The van der Waals surface area contributed by atoms with Crippen molar-refractivity contribution in [2.75, 3.05) is 0 Å². The van der Waals surface area contributed by atoms with Crippen LogP contribution in [-0.4, -0.2) is 22.1 Å². The first-order valence-corrected chi connectivity index (χ1v) is 8.73. The van der Waals surface area contributed by atoms with E-state index in [0.717, 1.165) is 35.7 Å². The van der Waals surface area contributed by atoms with E-state index in [4.69, 9.17) is 10.8 Å². The van der Waals surface area contributed by atoms with Crippen LogP contribution in [0.5, 0.6) is 0 Å². The van der Waals surface area contributed by atoms with Crippen LogP contribution in [0.3, 0.4) is 0 Å². The van der Waals surface area contributed by atoms with Crippen LogP contribution in [0.2, 0.25) is 0 Å². The van der Waals surface area contributed by atoms with Crippen molar-refractivity contribution in [2.45, 2.75) is 52.5 Å². The van der Waals surface area contributed by atoms with Gasteiger partial charge in [-0.1, -0.05) is 35.4 Å². The van der Waals surface area contributed by atoms with E-state index in [-0.39, 0.29) is 0 Å². The van der Waals surface area contributed by atoms with Crippen molar-refractivity contribution < 1.29 is 9.90 Å². The molecule has 1 aromatic heterocycles. The van der Waals surface area contributed by atoms with Crippen LogP contribution in [0.25, 0.3) is 10.9 Å². The predicted molar refractivity (Wildman–Crippen MR) is 104 cm³/mol. The van der Waals surface area contributed by atoms with E-state index in [2.05, 4.69) is 44.0 Å². The second-order valence-electron chi connectivity index (χ2n) is 6.88. The summed E-state index contributed by atoms with van der Waals surface area (Å²) in [7, 11) is 0. The standard InChI is InChI=1S/C21H28N2O2/c1-14(2)6-4-7-15(3)10-11-16-8-5-9-19-20(16)17(13-23-19)12-18(22)21(24)25/h5-6,8-10,13,18,23H,4,7,11-12,22H2,1-3H3,(H,24,25)/b15-10+/t18-/m0/s1. The van der Waals surface area contributed by atoms with Gasteiger partial charge in [-0.15, -0.1) is 0 Å². The van der Waals surface area contributed by atoms with Crippen molar-refractivity contribution in [1.29, 1.82) is 0 Å². The maximum absolute atomic E-state index is 11.1. The minimum Gasteiger partial charge on any atom is -0.480 e. The molecule has 2 aromatic rings. The highest BCUT2D eigenvalue weighted by Crippen LogP contribution is 2.25. The third kappa shape index (κ3) is 5.33. The molecule has 0 spiro atoms. The van der Waals surface area contributed by atoms with Gasteiger partial charge < -0.3 is 15.8 Å². The van der Waals surface area contributed by atoms with Crippen molar-refractivity contribution >= 4 is 16.9 Å². The zero-order valence-electron chi connectivity index (χ0n) is 15.3. The Bertz CT molecular complexity index is 795. The number of carboxylic acid groups (broad SMARTS) is 1. The Kier molecular flexibility index (Phi) is 6.59. The first-order chi connectivity index (χ1) is 11.9. The van der Waals surface area contributed by atoms with Crippen molar-refractivity contribution in [3.8, 4) is 0 Å². The molecule has 0 aliphatic carbocycles. The minimum absolute atomic E-state index is 0.329. The molecule has 0 amide bonds. The van der Waals surface area contributed by atoms with Gasteiger partial charge in [-0.05, 0) is 57.2 Å². The maximum Gasteiger partial charge on any atom is 0.320 e. The average Bonchev–Trinajstić information content (AvgIpc) is 2.96. The van der Waals surface area contributed by atoms with E-state index in [1.165, 1.54) is 16.7 Å². The summed E-state index contributed by atoms with van der Waals surface area (Å²) in [6.07, 6.45) is 9.70. The van der Waals surface area contributed by atoms with Crippen LogP contribution in [0.15, 0.2) is 47.7 Å². The highest BCUT2D eigenvalue weighted by Gasteiger charge is 2.16. The fourth-order valence-electron chi connectivity index (χ4n) is 2.97. The van der Waals surface area contributed by atoms with E-state index >= 15 is 0 Å². The molecule has 0 aliphatic heterocycles. The summed E-state index contributed by atoms with van der Waals surface area (Å²) < 4.78 is 0. The topological polar surface area (TPSA) is 79.1 Å². The van der Waals surface area contributed by atoms with Gasteiger partial charge in [0.1, 0.15) is 6.04 Å². The van der Waals surface area contributed by atoms with E-state index < -0.39 is 12.0 Å². The van der Waals surface area contributed by atoms with Gasteiger partial charge in [0, 0.05) is 23.5 Å². The molecule has 1 aromatic carbocycles. The molecule has 0 aliphatic rings. The van der Waals surface area contributed by atoms with Crippen molar-refractivity contribution in [2.24, 2.45) is 5.73 Å². The Balaban J connectivity index is 2.19. The zero-order valence-corrected chi connectivity index (χ0v) is 15.3. The molecule has 4 N–H and O–H groups in total. The molecule has 0 unspecified atom stereocenters. The molecule has 0 radical (unpaired) electrons. The molecule has 134 valence electrons. The van der Waals surface area contributed by atoms with Crippen molar-refractivity contribution in [3.63, 3.8) is 0 Å². The number of nitrogens with one attached hydrogen (secondary N) is 1. The lowest BCUT2D eigenvalue weighted by atomic mass is 9.98. The number of nitrogens with two attached hydrogens (primary N) is 1. The van der Waals surface area contributed by atoms with Crippen LogP contribution in [0, 0.1) is 0 Å². The average molecular weight is 340 g/mol. The summed E-state index contributed by atoms with van der Waals surface area (Å²) in [6, 6.07) is 5.27. The number of benzene rings is 1. The summed E-state index contributed by atoms with van der Waals surface area (Å²) in [5.74, 6) is -0.971. The summed E-state index contributed by atoms with van der Waals surface area (Å²) in [4.78, 5) is 14.3. The Morgan fingerprint density at radius 2 is 2.00 bits per heavy atom. The number of rotatable bonds is 8. The fraction of sp³-hybridized carbons (Fsp3) is 0.381. The number of aliphatic carboxylic acids is 1. The molecule has 4 nitrogen and oxygen atoms in total. The normalized spacial score (nSPS) is 13.0. The number of hydrogen-bond donors (Lipinski definition) is 3. The van der Waals surface area contributed by atoms with Crippen LogP contribution in [0.1, 0.15) is 44.7 Å². The number of carbonyl (C=O) groups is 1. The summed E-state index contributed by atoms with van der Waals surface area (Å²) in [5, 5.41) is 10.2. The third-order valence-corrected chi connectivity index (χ3v) is 4.39. The van der Waals surface area contributed by atoms with E-state index in [1.807, 2.05) is 18.3 Å². The van der Waals surface area contributed by atoms with Crippen LogP contribution < -0.4 is 5.73 Å². The van der Waals surface area contributed by atoms with Crippen LogP contribution in [-0.2, 0) is 17.6 Å². The molecule has 2 rings (SSSR count). The monoisotopic (exact) mass is 340 g/mol. The number of fused-ring (bicyclic) bond motifs is 1. The summed E-state index contributed by atoms with van der Waals surface area (Å²) in [6.45, 7) is 6.40. The highest BCUT2D eigenvalue weighted by molar-refractivity contribution is 5.87. The zero-order chi connectivity index (χ0) is 18.4. The largest absolute Gasteiger partial charge is 0.480 e. The Morgan fingerprint density at radius 3 is 2.68 bits per heavy atom. The van der Waals surface area contributed by atoms with Gasteiger partial charge in [0.15, 0.2) is 0 Å². The molecule has 0 fully saturated rings. The molecule has 1 heterocycles. The number of H-pyrrole nitrogens is 1. The second-order valence-corrected chi connectivity index (χ2v) is 6.88. The quantitative estimate of drug-likeness (QED) is 0.625. The number of allylic oxidation sites excluding steroid dienone is 4. The number of carboxylic acids is 1. The number of hydrogen-bond acceptors (Lipinski definition) is 2. The van der Waals surface area contributed by atoms with E-state index in [1.54, 1.807) is 0 Å². The van der Waals surface area contributed by atoms with E-state index in [9.17, 15) is 4.79 Å². The molecule has 25 heavy (non-hydrogen) atoms. The molecule has 4 heteroatoms. The SMILES string of the molecule is CC(C)=CCC/C(C)=C/Cc1cccc2[nH]cc(C[C@H](N)C(=O)O)c12. The van der Waals surface area contributed by atoms with Gasteiger partial charge >= 0.3 is 5.97 Å². The minimum atomic E-state index is -0.971. The van der Waals surface area contributed by atoms with E-state index in [0.29, 0.717) is 6.42 Å². The summed E-state index contributed by atoms with van der Waals surface area (Å²) in [5.41, 5.74) is 11.6. The van der Waals surface area contributed by atoms with Gasteiger partial charge in [0.25, 0.3) is 0 Å². The Hall–Kier alpha value is -2.33. The van der Waals surface area contributed by atoms with Gasteiger partial charge in [-0.25, -0.2) is 0 Å². The van der Waals surface area contributed by atoms with Gasteiger partial charge in [0.05, 0.1) is 0 Å². The fourth-order valence-corrected chi connectivity index (χ4v) is 2.97. The Morgan fingerprint density at radius 1 is 1.24 bits per heavy atom. The first-order valence-electron chi connectivity index (χ1n) is 8.73. The van der Waals surface area contributed by atoms with Crippen LogP contribution in [0.4, 0.5) is 0 Å². The molecular formula is C21H28N2O2. The van der Waals surface area contributed by atoms with Gasteiger partial charge in [-0.2, -0.15) is 0 Å². The Labute approximate surface area is 149 Å². The smallest absolute Gasteiger partial charge is 0.320 e. The molecule has 0 saturated carbocycles. The highest BCUT2D eigenvalue weighted by atomic mass is 16.4. The van der Waals surface area contributed by atoms with Gasteiger partial charge in [-0.3, -0.25) is 4.79 Å². The first kappa shape index (κ1) is 19.0.